The van der Waals surface area contributed by atoms with Gasteiger partial charge in [-0.1, -0.05) is 0 Å². The van der Waals surface area contributed by atoms with E-state index in [0.717, 1.165) is 0 Å². The summed E-state index contributed by atoms with van der Waals surface area (Å²) in [7, 11) is 2.92. The largest absolute Gasteiger partial charge is 0.394 e. The van der Waals surface area contributed by atoms with Crippen LogP contribution >= 0.6 is 0 Å². The lowest BCUT2D eigenvalue weighted by atomic mass is 10.1. The van der Waals surface area contributed by atoms with Gasteiger partial charge in [0.2, 0.25) is 0 Å². The van der Waals surface area contributed by atoms with Gasteiger partial charge in [0.1, 0.15) is 18.3 Å². The van der Waals surface area contributed by atoms with Gasteiger partial charge in [0, 0.05) is 14.2 Å². The molecular formula is C7H14O5. The molecule has 0 aromatic heterocycles. The molecule has 1 rings (SSSR count). The number of ether oxygens (including phenoxy) is 3. The van der Waals surface area contributed by atoms with Gasteiger partial charge in [-0.05, 0) is 0 Å². The monoisotopic (exact) mass is 178 g/mol. The van der Waals surface area contributed by atoms with Crippen molar-refractivity contribution in [1.82, 2.24) is 0 Å². The summed E-state index contributed by atoms with van der Waals surface area (Å²) in [5, 5.41) is 18.2. The van der Waals surface area contributed by atoms with Crippen molar-refractivity contribution in [2.24, 2.45) is 0 Å². The molecule has 72 valence electrons. The van der Waals surface area contributed by atoms with E-state index in [1.54, 1.807) is 0 Å². The number of rotatable bonds is 3. The maximum absolute atomic E-state index is 9.46. The van der Waals surface area contributed by atoms with Gasteiger partial charge in [0.15, 0.2) is 6.29 Å². The second kappa shape index (κ2) is 4.15. The first-order valence-electron chi connectivity index (χ1n) is 3.74. The van der Waals surface area contributed by atoms with E-state index in [4.69, 9.17) is 19.3 Å². The van der Waals surface area contributed by atoms with E-state index in [2.05, 4.69) is 0 Å². The van der Waals surface area contributed by atoms with Crippen LogP contribution in [0.2, 0.25) is 0 Å². The normalized spacial score (nSPS) is 42.0. The maximum Gasteiger partial charge on any atom is 0.186 e. The van der Waals surface area contributed by atoms with Crippen molar-refractivity contribution in [3.05, 3.63) is 0 Å². The quantitative estimate of drug-likeness (QED) is 0.563. The second-order valence-corrected chi connectivity index (χ2v) is 2.65. The number of hydrogen-bond donors (Lipinski definition) is 2. The third-order valence-electron chi connectivity index (χ3n) is 1.98. The highest BCUT2D eigenvalue weighted by Gasteiger charge is 2.43. The molecule has 0 spiro atoms. The van der Waals surface area contributed by atoms with Crippen molar-refractivity contribution in [3.8, 4) is 0 Å². The minimum Gasteiger partial charge on any atom is -0.394 e. The van der Waals surface area contributed by atoms with Crippen LogP contribution in [0.1, 0.15) is 0 Å². The molecule has 0 aliphatic carbocycles. The average molecular weight is 178 g/mol. The molecule has 4 atom stereocenters. The summed E-state index contributed by atoms with van der Waals surface area (Å²) in [6.45, 7) is -0.235. The lowest BCUT2D eigenvalue weighted by Gasteiger charge is -2.16. The number of aliphatic hydroxyl groups is 2. The molecule has 0 aromatic rings. The van der Waals surface area contributed by atoms with Crippen LogP contribution in [0.3, 0.4) is 0 Å². The SMILES string of the molecule is CO[C@@H]1O[C@H](CO)[C@H](O)[C@H]1OC. The van der Waals surface area contributed by atoms with Crippen molar-refractivity contribution < 1.29 is 24.4 Å². The molecule has 5 heteroatoms. The first-order valence-corrected chi connectivity index (χ1v) is 3.74. The Kier molecular flexibility index (Phi) is 3.42. The van der Waals surface area contributed by atoms with Gasteiger partial charge in [0.25, 0.3) is 0 Å². The standard InChI is InChI=1S/C7H14O5/c1-10-6-5(9)4(3-8)12-7(6)11-2/h4-9H,3H2,1-2H3/t4-,5+,6-,7-/m1/s1. The zero-order valence-electron chi connectivity index (χ0n) is 7.14. The lowest BCUT2D eigenvalue weighted by molar-refractivity contribution is -0.159. The van der Waals surface area contributed by atoms with Crippen LogP contribution in [-0.2, 0) is 14.2 Å². The molecule has 12 heavy (non-hydrogen) atoms. The summed E-state index contributed by atoms with van der Waals surface area (Å²) in [5.74, 6) is 0. The van der Waals surface area contributed by atoms with Crippen molar-refractivity contribution in [2.75, 3.05) is 20.8 Å². The molecule has 2 N–H and O–H groups in total. The van der Waals surface area contributed by atoms with Gasteiger partial charge in [-0.25, -0.2) is 0 Å². The molecule has 0 saturated carbocycles. The van der Waals surface area contributed by atoms with Gasteiger partial charge in [-0.3, -0.25) is 0 Å². The summed E-state index contributed by atoms with van der Waals surface area (Å²) < 4.78 is 15.0. The molecule has 0 bridgehead atoms. The molecule has 1 aliphatic heterocycles. The predicted molar refractivity (Wildman–Crippen MR) is 39.6 cm³/mol. The van der Waals surface area contributed by atoms with Gasteiger partial charge in [0.05, 0.1) is 6.61 Å². The fraction of sp³-hybridized carbons (Fsp3) is 1.00. The number of methoxy groups -OCH3 is 2. The van der Waals surface area contributed by atoms with Crippen LogP contribution < -0.4 is 0 Å². The van der Waals surface area contributed by atoms with Crippen molar-refractivity contribution in [2.45, 2.75) is 24.6 Å². The predicted octanol–water partition coefficient (Wildman–Crippen LogP) is -1.27. The Balaban J connectivity index is 2.58. The zero-order valence-corrected chi connectivity index (χ0v) is 7.14. The van der Waals surface area contributed by atoms with Crippen LogP contribution in [0, 0.1) is 0 Å². The smallest absolute Gasteiger partial charge is 0.186 e. The van der Waals surface area contributed by atoms with Gasteiger partial charge in [-0.15, -0.1) is 0 Å². The highest BCUT2D eigenvalue weighted by molar-refractivity contribution is 4.87. The zero-order chi connectivity index (χ0) is 9.14. The van der Waals surface area contributed by atoms with Crippen molar-refractivity contribution in [1.29, 1.82) is 0 Å². The molecular weight excluding hydrogens is 164 g/mol. The Morgan fingerprint density at radius 2 is 2.00 bits per heavy atom. The minimum absolute atomic E-state index is 0.235. The fourth-order valence-electron chi connectivity index (χ4n) is 1.29. The lowest BCUT2D eigenvalue weighted by Crippen LogP contribution is -2.35. The van der Waals surface area contributed by atoms with Crippen molar-refractivity contribution in [3.63, 3.8) is 0 Å². The topological polar surface area (TPSA) is 68.2 Å². The molecule has 1 fully saturated rings. The molecule has 1 heterocycles. The maximum atomic E-state index is 9.46. The van der Waals surface area contributed by atoms with Crippen LogP contribution in [0.5, 0.6) is 0 Å². The Morgan fingerprint density at radius 1 is 1.33 bits per heavy atom. The Hall–Kier alpha value is -0.200. The highest BCUT2D eigenvalue weighted by Crippen LogP contribution is 2.23. The van der Waals surface area contributed by atoms with Crippen LogP contribution in [0.15, 0.2) is 0 Å². The molecule has 0 radical (unpaired) electrons. The van der Waals surface area contributed by atoms with Gasteiger partial charge in [-0.2, -0.15) is 0 Å². The second-order valence-electron chi connectivity index (χ2n) is 2.65. The Labute approximate surface area is 70.9 Å². The number of aliphatic hydroxyl groups excluding tert-OH is 2. The molecule has 0 amide bonds. The van der Waals surface area contributed by atoms with E-state index in [0.29, 0.717) is 0 Å². The third kappa shape index (κ3) is 1.60. The van der Waals surface area contributed by atoms with Gasteiger partial charge >= 0.3 is 0 Å². The molecule has 1 aliphatic rings. The van der Waals surface area contributed by atoms with Crippen LogP contribution in [0.4, 0.5) is 0 Å². The number of hydrogen-bond acceptors (Lipinski definition) is 5. The molecule has 5 nitrogen and oxygen atoms in total. The molecule has 0 unspecified atom stereocenters. The summed E-state index contributed by atoms with van der Waals surface area (Å²) in [6.07, 6.45) is -2.56. The average Bonchev–Trinajstić information content (AvgIpc) is 2.41. The van der Waals surface area contributed by atoms with Crippen LogP contribution in [0.25, 0.3) is 0 Å². The summed E-state index contributed by atoms with van der Waals surface area (Å²) in [6, 6.07) is 0. The summed E-state index contributed by atoms with van der Waals surface area (Å²) in [5.41, 5.74) is 0. The summed E-state index contributed by atoms with van der Waals surface area (Å²) >= 11 is 0. The van der Waals surface area contributed by atoms with Gasteiger partial charge < -0.3 is 24.4 Å². The van der Waals surface area contributed by atoms with E-state index < -0.39 is 24.6 Å². The van der Waals surface area contributed by atoms with E-state index in [1.807, 2.05) is 0 Å². The van der Waals surface area contributed by atoms with E-state index in [1.165, 1.54) is 14.2 Å². The Bertz CT molecular complexity index is 138. The van der Waals surface area contributed by atoms with Crippen LogP contribution in [-0.4, -0.2) is 55.6 Å². The molecule has 0 aromatic carbocycles. The first-order chi connectivity index (χ1) is 5.74. The highest BCUT2D eigenvalue weighted by atomic mass is 16.7. The fourth-order valence-corrected chi connectivity index (χ4v) is 1.29. The van der Waals surface area contributed by atoms with Crippen molar-refractivity contribution >= 4 is 0 Å². The minimum atomic E-state index is -0.829. The van der Waals surface area contributed by atoms with E-state index in [9.17, 15) is 5.11 Å². The molecule has 1 saturated heterocycles. The Morgan fingerprint density at radius 3 is 2.33 bits per heavy atom. The van der Waals surface area contributed by atoms with E-state index >= 15 is 0 Å². The first kappa shape index (κ1) is 9.88. The summed E-state index contributed by atoms with van der Waals surface area (Å²) in [4.78, 5) is 0. The van der Waals surface area contributed by atoms with E-state index in [-0.39, 0.29) is 6.61 Å². The third-order valence-corrected chi connectivity index (χ3v) is 1.98.